The van der Waals surface area contributed by atoms with Gasteiger partial charge in [-0.2, -0.15) is 5.26 Å². The molecule has 25 heavy (non-hydrogen) atoms. The third-order valence-corrected chi connectivity index (χ3v) is 5.31. The maximum Gasteiger partial charge on any atom is 0.123 e. The molecule has 0 bridgehead atoms. The van der Waals surface area contributed by atoms with Gasteiger partial charge in [0.2, 0.25) is 0 Å². The van der Waals surface area contributed by atoms with E-state index in [4.69, 9.17) is 26.2 Å². The van der Waals surface area contributed by atoms with Gasteiger partial charge in [-0.05, 0) is 56.1 Å². The molecule has 1 aromatic heterocycles. The van der Waals surface area contributed by atoms with E-state index >= 15 is 0 Å². The monoisotopic (exact) mass is 346 g/mol. The molecule has 4 atom stereocenters. The molecule has 0 aromatic carbocycles. The number of pyridine rings is 1. The minimum atomic E-state index is 0.306. The van der Waals surface area contributed by atoms with Gasteiger partial charge in [-0.1, -0.05) is 6.42 Å². The number of nitrogens with two attached hydrogens (primary N) is 2. The second kappa shape index (κ2) is 9.71. The summed E-state index contributed by atoms with van der Waals surface area (Å²) in [7, 11) is 3.49. The van der Waals surface area contributed by atoms with E-state index in [1.54, 1.807) is 20.4 Å². The molecule has 1 heterocycles. The van der Waals surface area contributed by atoms with Crippen LogP contribution < -0.4 is 11.5 Å². The normalized spacial score (nSPS) is 28.2. The summed E-state index contributed by atoms with van der Waals surface area (Å²) in [5.41, 5.74) is 13.0. The molecule has 6 heteroatoms. The van der Waals surface area contributed by atoms with Crippen LogP contribution in [0.15, 0.2) is 12.3 Å². The van der Waals surface area contributed by atoms with Crippen molar-refractivity contribution >= 4 is 5.82 Å². The minimum Gasteiger partial charge on any atom is -0.384 e. The van der Waals surface area contributed by atoms with E-state index in [-0.39, 0.29) is 0 Å². The number of hydrogen-bond acceptors (Lipinski definition) is 6. The van der Waals surface area contributed by atoms with Gasteiger partial charge >= 0.3 is 0 Å². The van der Waals surface area contributed by atoms with Crippen LogP contribution in [0.25, 0.3) is 0 Å². The fraction of sp³-hybridized carbons (Fsp3) is 0.684. The van der Waals surface area contributed by atoms with Gasteiger partial charge < -0.3 is 20.9 Å². The van der Waals surface area contributed by atoms with Gasteiger partial charge in [0.1, 0.15) is 11.9 Å². The van der Waals surface area contributed by atoms with Gasteiger partial charge in [0, 0.05) is 26.5 Å². The quantitative estimate of drug-likeness (QED) is 0.867. The molecular formula is C19H30N4O2. The number of nitriles is 1. The van der Waals surface area contributed by atoms with Crippen molar-refractivity contribution in [1.82, 2.24) is 4.98 Å². The van der Waals surface area contributed by atoms with Crippen LogP contribution in [0, 0.1) is 17.2 Å². The molecule has 0 saturated heterocycles. The first kappa shape index (κ1) is 19.6. The predicted molar refractivity (Wildman–Crippen MR) is 97.8 cm³/mol. The number of methoxy groups -OCH3 is 2. The molecule has 0 aliphatic heterocycles. The van der Waals surface area contributed by atoms with Crippen LogP contribution in [0.3, 0.4) is 0 Å². The summed E-state index contributed by atoms with van der Waals surface area (Å²) in [6.07, 6.45) is 10.1. The van der Waals surface area contributed by atoms with Crippen LogP contribution in [-0.4, -0.2) is 37.5 Å². The second-order valence-corrected chi connectivity index (χ2v) is 6.92. The largest absolute Gasteiger partial charge is 0.384 e. The topological polar surface area (TPSA) is 107 Å². The molecule has 2 fully saturated rings. The molecule has 1 unspecified atom stereocenters. The summed E-state index contributed by atoms with van der Waals surface area (Å²) in [5, 5.41) is 9.04. The van der Waals surface area contributed by atoms with Crippen molar-refractivity contribution in [2.45, 2.75) is 63.2 Å². The zero-order valence-corrected chi connectivity index (χ0v) is 15.3. The fourth-order valence-corrected chi connectivity index (χ4v) is 3.86. The zero-order valence-electron chi connectivity index (χ0n) is 15.3. The average molecular weight is 346 g/mol. The maximum atomic E-state index is 9.04. The van der Waals surface area contributed by atoms with E-state index < -0.39 is 0 Å². The zero-order chi connectivity index (χ0) is 18.2. The first-order chi connectivity index (χ1) is 12.1. The highest BCUT2D eigenvalue weighted by molar-refractivity contribution is 5.43. The lowest BCUT2D eigenvalue weighted by molar-refractivity contribution is 0.0713. The standard InChI is InChI=1S/C13H17N3O.C6H13NO/c1-17-12-4-2-3-9(12)5-10-6-13(15)16-8-11(10)7-14;1-8-6-4-2-3-5(6)7/h6,8-9,12H,2-5H2,1H3,(H2,15,16);5-6H,2-4,7H2,1H3/t9?,12-;5-,6-/m10/s1. The Morgan fingerprint density at radius 3 is 2.40 bits per heavy atom. The number of anilines is 1. The summed E-state index contributed by atoms with van der Waals surface area (Å²) in [6.45, 7) is 0. The van der Waals surface area contributed by atoms with E-state index in [1.165, 1.54) is 12.8 Å². The van der Waals surface area contributed by atoms with Gasteiger partial charge in [0.05, 0.1) is 17.8 Å². The Kier molecular flexibility index (Phi) is 7.63. The van der Waals surface area contributed by atoms with E-state index in [9.17, 15) is 0 Å². The van der Waals surface area contributed by atoms with Crippen molar-refractivity contribution in [1.29, 1.82) is 5.26 Å². The molecule has 1 aromatic rings. The molecule has 0 spiro atoms. The first-order valence-electron chi connectivity index (χ1n) is 9.04. The lowest BCUT2D eigenvalue weighted by atomic mass is 9.94. The van der Waals surface area contributed by atoms with Gasteiger partial charge in [-0.3, -0.25) is 0 Å². The number of nitrogen functional groups attached to an aromatic ring is 1. The third-order valence-electron chi connectivity index (χ3n) is 5.31. The smallest absolute Gasteiger partial charge is 0.123 e. The molecule has 3 rings (SSSR count). The number of aromatic nitrogens is 1. The summed E-state index contributed by atoms with van der Waals surface area (Å²) in [5.74, 6) is 0.972. The fourth-order valence-electron chi connectivity index (χ4n) is 3.86. The maximum absolute atomic E-state index is 9.04. The Bertz CT molecular complexity index is 587. The summed E-state index contributed by atoms with van der Waals surface area (Å²) < 4.78 is 10.6. The number of hydrogen-bond donors (Lipinski definition) is 2. The summed E-state index contributed by atoms with van der Waals surface area (Å²) in [4.78, 5) is 3.95. The molecule has 2 aliphatic carbocycles. The molecule has 138 valence electrons. The van der Waals surface area contributed by atoms with Crippen molar-refractivity contribution in [2.75, 3.05) is 20.0 Å². The van der Waals surface area contributed by atoms with Crippen LogP contribution in [0.4, 0.5) is 5.82 Å². The third kappa shape index (κ3) is 5.40. The van der Waals surface area contributed by atoms with E-state index in [2.05, 4.69) is 11.1 Å². The van der Waals surface area contributed by atoms with E-state index in [1.807, 2.05) is 6.07 Å². The van der Waals surface area contributed by atoms with E-state index in [0.717, 1.165) is 37.7 Å². The van der Waals surface area contributed by atoms with Gasteiger partial charge in [0.15, 0.2) is 0 Å². The Hall–Kier alpha value is -1.68. The molecule has 2 saturated carbocycles. The highest BCUT2D eigenvalue weighted by atomic mass is 16.5. The summed E-state index contributed by atoms with van der Waals surface area (Å²) in [6, 6.07) is 4.29. The molecule has 4 N–H and O–H groups in total. The predicted octanol–water partition coefficient (Wildman–Crippen LogP) is 2.41. The number of rotatable bonds is 4. The first-order valence-corrected chi connectivity index (χ1v) is 9.04. The Balaban J connectivity index is 0.000000236. The molecule has 0 radical (unpaired) electrons. The molecule has 0 amide bonds. The highest BCUT2D eigenvalue weighted by Crippen LogP contribution is 2.31. The molecule has 2 aliphatic rings. The lowest BCUT2D eigenvalue weighted by Crippen LogP contribution is -2.30. The van der Waals surface area contributed by atoms with Crippen molar-refractivity contribution in [3.05, 3.63) is 23.4 Å². The van der Waals surface area contributed by atoms with Crippen molar-refractivity contribution in [2.24, 2.45) is 11.7 Å². The lowest BCUT2D eigenvalue weighted by Gasteiger charge is -2.18. The van der Waals surface area contributed by atoms with Crippen molar-refractivity contribution in [3.8, 4) is 6.07 Å². The van der Waals surface area contributed by atoms with Crippen LogP contribution in [0.5, 0.6) is 0 Å². The van der Waals surface area contributed by atoms with Crippen LogP contribution in [0.2, 0.25) is 0 Å². The second-order valence-electron chi connectivity index (χ2n) is 6.92. The van der Waals surface area contributed by atoms with Gasteiger partial charge in [-0.25, -0.2) is 4.98 Å². The van der Waals surface area contributed by atoms with Crippen molar-refractivity contribution in [3.63, 3.8) is 0 Å². The number of ether oxygens (including phenoxy) is 2. The molecular weight excluding hydrogens is 316 g/mol. The Labute approximate surface area is 150 Å². The Morgan fingerprint density at radius 2 is 1.84 bits per heavy atom. The molecule has 6 nitrogen and oxygen atoms in total. The van der Waals surface area contributed by atoms with Gasteiger partial charge in [-0.15, -0.1) is 0 Å². The van der Waals surface area contributed by atoms with E-state index in [0.29, 0.717) is 35.5 Å². The van der Waals surface area contributed by atoms with Crippen molar-refractivity contribution < 1.29 is 9.47 Å². The number of nitrogens with zero attached hydrogens (tertiary/aromatic N) is 2. The van der Waals surface area contributed by atoms with Crippen LogP contribution in [0.1, 0.15) is 49.7 Å². The average Bonchev–Trinajstić information content (AvgIpc) is 3.24. The van der Waals surface area contributed by atoms with Crippen LogP contribution >= 0.6 is 0 Å². The van der Waals surface area contributed by atoms with Crippen LogP contribution in [-0.2, 0) is 15.9 Å². The SMILES string of the molecule is CO[C@@H]1CCCC1Cc1cc(N)ncc1C#N.CO[C@H]1CCC[C@@H]1N. The highest BCUT2D eigenvalue weighted by Gasteiger charge is 2.27. The minimum absolute atomic E-state index is 0.306. The van der Waals surface area contributed by atoms with Gasteiger partial charge in [0.25, 0.3) is 0 Å². The summed E-state index contributed by atoms with van der Waals surface area (Å²) >= 11 is 0. The Morgan fingerprint density at radius 1 is 1.16 bits per heavy atom.